The van der Waals surface area contributed by atoms with Crippen LogP contribution < -0.4 is 5.73 Å². The third kappa shape index (κ3) is 2.40. The number of benzene rings is 2. The molecule has 1 atom stereocenters. The Morgan fingerprint density at radius 3 is 2.40 bits per heavy atom. The zero-order chi connectivity index (χ0) is 14.3. The van der Waals surface area contributed by atoms with Crippen LogP contribution in [0.5, 0.6) is 0 Å². The van der Waals surface area contributed by atoms with E-state index in [9.17, 15) is 4.39 Å². The molecule has 3 rings (SSSR count). The molecular formula is C15H10Cl2FNO. The molecule has 102 valence electrons. The number of furan rings is 1. The number of fused-ring (bicyclic) bond motifs is 1. The molecule has 20 heavy (non-hydrogen) atoms. The zero-order valence-electron chi connectivity index (χ0n) is 10.2. The molecule has 0 spiro atoms. The van der Waals surface area contributed by atoms with Gasteiger partial charge < -0.3 is 10.2 Å². The van der Waals surface area contributed by atoms with Crippen molar-refractivity contribution >= 4 is 34.2 Å². The predicted molar refractivity (Wildman–Crippen MR) is 78.7 cm³/mol. The Kier molecular flexibility index (Phi) is 3.42. The van der Waals surface area contributed by atoms with Gasteiger partial charge in [-0.15, -0.1) is 0 Å². The van der Waals surface area contributed by atoms with Crippen LogP contribution in [-0.2, 0) is 0 Å². The summed E-state index contributed by atoms with van der Waals surface area (Å²) in [4.78, 5) is 0. The van der Waals surface area contributed by atoms with Crippen LogP contribution in [0.4, 0.5) is 4.39 Å². The first kappa shape index (κ1) is 13.4. The monoisotopic (exact) mass is 309 g/mol. The first-order valence-electron chi connectivity index (χ1n) is 5.94. The van der Waals surface area contributed by atoms with E-state index in [0.29, 0.717) is 26.8 Å². The van der Waals surface area contributed by atoms with Crippen molar-refractivity contribution in [3.05, 3.63) is 69.7 Å². The molecule has 0 aliphatic carbocycles. The second-order valence-corrected chi connectivity index (χ2v) is 5.36. The second kappa shape index (κ2) is 5.09. The molecule has 0 aliphatic heterocycles. The molecule has 0 saturated heterocycles. The Bertz CT molecular complexity index is 764. The van der Waals surface area contributed by atoms with Gasteiger partial charge in [-0.2, -0.15) is 0 Å². The van der Waals surface area contributed by atoms with Crippen LogP contribution in [0, 0.1) is 5.82 Å². The first-order valence-corrected chi connectivity index (χ1v) is 6.70. The summed E-state index contributed by atoms with van der Waals surface area (Å²) < 4.78 is 19.1. The van der Waals surface area contributed by atoms with E-state index in [1.165, 1.54) is 6.07 Å². The highest BCUT2D eigenvalue weighted by Gasteiger charge is 2.16. The minimum Gasteiger partial charge on any atom is -0.456 e. The summed E-state index contributed by atoms with van der Waals surface area (Å²) in [7, 11) is 0. The molecule has 0 bridgehead atoms. The largest absolute Gasteiger partial charge is 0.456 e. The van der Waals surface area contributed by atoms with E-state index in [-0.39, 0.29) is 5.58 Å². The van der Waals surface area contributed by atoms with Crippen LogP contribution in [0.1, 0.15) is 17.4 Å². The van der Waals surface area contributed by atoms with Crippen LogP contribution in [0.3, 0.4) is 0 Å². The highest BCUT2D eigenvalue weighted by atomic mass is 35.5. The van der Waals surface area contributed by atoms with Gasteiger partial charge in [0.1, 0.15) is 5.76 Å². The summed E-state index contributed by atoms with van der Waals surface area (Å²) >= 11 is 11.9. The number of rotatable bonds is 2. The van der Waals surface area contributed by atoms with Crippen molar-refractivity contribution in [2.45, 2.75) is 6.04 Å². The molecule has 1 unspecified atom stereocenters. The van der Waals surface area contributed by atoms with Crippen LogP contribution in [-0.4, -0.2) is 0 Å². The van der Waals surface area contributed by atoms with Gasteiger partial charge in [-0.05, 0) is 35.9 Å². The summed E-state index contributed by atoms with van der Waals surface area (Å²) in [5.74, 6) is 0.0495. The topological polar surface area (TPSA) is 39.2 Å². The minimum atomic E-state index is -0.557. The van der Waals surface area contributed by atoms with Gasteiger partial charge in [0.15, 0.2) is 11.4 Å². The summed E-state index contributed by atoms with van der Waals surface area (Å²) in [6.45, 7) is 0. The van der Waals surface area contributed by atoms with Gasteiger partial charge >= 0.3 is 0 Å². The van der Waals surface area contributed by atoms with Crippen LogP contribution >= 0.6 is 23.2 Å². The Morgan fingerprint density at radius 1 is 1.05 bits per heavy atom. The summed E-state index contributed by atoms with van der Waals surface area (Å²) in [5.41, 5.74) is 7.04. The van der Waals surface area contributed by atoms with Crippen molar-refractivity contribution in [3.8, 4) is 0 Å². The van der Waals surface area contributed by atoms with Gasteiger partial charge in [-0.1, -0.05) is 35.3 Å². The first-order chi connectivity index (χ1) is 9.54. The minimum absolute atomic E-state index is 0.200. The van der Waals surface area contributed by atoms with Crippen LogP contribution in [0.15, 0.2) is 46.9 Å². The third-order valence-electron chi connectivity index (χ3n) is 3.07. The fourth-order valence-corrected chi connectivity index (χ4v) is 2.66. The number of hydrogen-bond acceptors (Lipinski definition) is 2. The van der Waals surface area contributed by atoms with Crippen molar-refractivity contribution in [3.63, 3.8) is 0 Å². The number of hydrogen-bond donors (Lipinski definition) is 1. The lowest BCUT2D eigenvalue weighted by Gasteiger charge is -2.10. The average Bonchev–Trinajstić information content (AvgIpc) is 2.82. The van der Waals surface area contributed by atoms with E-state index in [2.05, 4.69) is 0 Å². The maximum atomic E-state index is 13.6. The van der Waals surface area contributed by atoms with Gasteiger partial charge in [0, 0.05) is 15.4 Å². The maximum Gasteiger partial charge on any atom is 0.169 e. The normalized spacial score (nSPS) is 12.8. The highest BCUT2D eigenvalue weighted by Crippen LogP contribution is 2.30. The number of nitrogens with two attached hydrogens (primary N) is 1. The van der Waals surface area contributed by atoms with E-state index in [4.69, 9.17) is 33.4 Å². The fraction of sp³-hybridized carbons (Fsp3) is 0.0667. The molecule has 2 nitrogen and oxygen atoms in total. The lowest BCUT2D eigenvalue weighted by Crippen LogP contribution is -2.10. The lowest BCUT2D eigenvalue weighted by molar-refractivity contribution is 0.502. The van der Waals surface area contributed by atoms with Gasteiger partial charge in [0.2, 0.25) is 0 Å². The average molecular weight is 310 g/mol. The van der Waals surface area contributed by atoms with Crippen molar-refractivity contribution < 1.29 is 8.81 Å². The molecule has 2 N–H and O–H groups in total. The van der Waals surface area contributed by atoms with E-state index in [1.807, 2.05) is 0 Å². The zero-order valence-corrected chi connectivity index (χ0v) is 11.8. The number of para-hydroxylation sites is 1. The molecule has 0 saturated carbocycles. The second-order valence-electron chi connectivity index (χ2n) is 4.49. The summed E-state index contributed by atoms with van der Waals surface area (Å²) in [6, 6.07) is 10.9. The summed E-state index contributed by atoms with van der Waals surface area (Å²) in [5, 5.41) is 1.65. The van der Waals surface area contributed by atoms with E-state index < -0.39 is 11.9 Å². The Labute approximate surface area is 124 Å². The quantitative estimate of drug-likeness (QED) is 0.729. The standard InChI is InChI=1S/C15H10Cl2FNO/c16-10-4-9(5-11(17)7-10)14(19)13-6-8-2-1-3-12(18)15(8)20-13/h1-7,14H,19H2. The van der Waals surface area contributed by atoms with Gasteiger partial charge in [-0.3, -0.25) is 0 Å². The van der Waals surface area contributed by atoms with Gasteiger partial charge in [0.05, 0.1) is 6.04 Å². The molecule has 3 aromatic rings. The fourth-order valence-electron chi connectivity index (χ4n) is 2.12. The molecule has 1 aromatic heterocycles. The van der Waals surface area contributed by atoms with Crippen LogP contribution in [0.25, 0.3) is 11.0 Å². The van der Waals surface area contributed by atoms with Crippen molar-refractivity contribution in [2.24, 2.45) is 5.73 Å². The Morgan fingerprint density at radius 2 is 1.75 bits per heavy atom. The predicted octanol–water partition coefficient (Wildman–Crippen LogP) is 4.93. The van der Waals surface area contributed by atoms with Gasteiger partial charge in [-0.25, -0.2) is 4.39 Å². The van der Waals surface area contributed by atoms with Crippen LogP contribution in [0.2, 0.25) is 10.0 Å². The Hall–Kier alpha value is -1.55. The Balaban J connectivity index is 2.07. The molecule has 2 aromatic carbocycles. The SMILES string of the molecule is NC(c1cc(Cl)cc(Cl)c1)c1cc2cccc(F)c2o1. The van der Waals surface area contributed by atoms with Crippen molar-refractivity contribution in [1.82, 2.24) is 0 Å². The molecule has 0 fully saturated rings. The van der Waals surface area contributed by atoms with E-state index in [1.54, 1.807) is 36.4 Å². The highest BCUT2D eigenvalue weighted by molar-refractivity contribution is 6.34. The molecule has 0 radical (unpaired) electrons. The van der Waals surface area contributed by atoms with E-state index >= 15 is 0 Å². The molecule has 1 heterocycles. The van der Waals surface area contributed by atoms with Crippen molar-refractivity contribution in [1.29, 1.82) is 0 Å². The van der Waals surface area contributed by atoms with Crippen molar-refractivity contribution in [2.75, 3.05) is 0 Å². The smallest absolute Gasteiger partial charge is 0.169 e. The number of halogens is 3. The molecule has 0 amide bonds. The third-order valence-corrected chi connectivity index (χ3v) is 3.50. The summed E-state index contributed by atoms with van der Waals surface area (Å²) in [6.07, 6.45) is 0. The lowest BCUT2D eigenvalue weighted by atomic mass is 10.1. The molecule has 0 aliphatic rings. The van der Waals surface area contributed by atoms with Gasteiger partial charge in [0.25, 0.3) is 0 Å². The molecule has 5 heteroatoms. The molecular weight excluding hydrogens is 300 g/mol. The maximum absolute atomic E-state index is 13.6. The van der Waals surface area contributed by atoms with E-state index in [0.717, 1.165) is 0 Å².